The van der Waals surface area contributed by atoms with Gasteiger partial charge in [-0.3, -0.25) is 0 Å². The smallest absolute Gasteiger partial charge is 0.147 e. The number of ether oxygens (including phenoxy) is 2. The van der Waals surface area contributed by atoms with Gasteiger partial charge in [-0.1, -0.05) is 16.8 Å². The Balaban J connectivity index is 2.69. The van der Waals surface area contributed by atoms with Gasteiger partial charge in [-0.05, 0) is 18.9 Å². The lowest BCUT2D eigenvalue weighted by atomic mass is 9.91. The first-order valence-electron chi connectivity index (χ1n) is 4.69. The second kappa shape index (κ2) is 5.72. The molecule has 3 atom stereocenters. The summed E-state index contributed by atoms with van der Waals surface area (Å²) in [5.74, 6) is 0. The van der Waals surface area contributed by atoms with Crippen LogP contribution in [0.25, 0.3) is 10.4 Å². The van der Waals surface area contributed by atoms with Crippen molar-refractivity contribution in [3.63, 3.8) is 0 Å². The molecule has 1 N–H and O–H groups in total. The van der Waals surface area contributed by atoms with Crippen LogP contribution < -0.4 is 0 Å². The quantitative estimate of drug-likeness (QED) is 0.251. The van der Waals surface area contributed by atoms with Crippen LogP contribution in [0.4, 0.5) is 0 Å². The molecular weight excluding hydrogens is 198 g/mol. The molecule has 0 aliphatic heterocycles. The Morgan fingerprint density at radius 1 is 1.73 bits per heavy atom. The van der Waals surface area contributed by atoms with E-state index in [1.807, 2.05) is 13.0 Å². The SMILES string of the molecule is COCOC1C=C(C)CC(N=[N+]=[N-])C1O. The third-order valence-electron chi connectivity index (χ3n) is 2.29. The van der Waals surface area contributed by atoms with E-state index in [4.69, 9.17) is 15.0 Å². The van der Waals surface area contributed by atoms with Crippen molar-refractivity contribution in [1.29, 1.82) is 0 Å². The summed E-state index contributed by atoms with van der Waals surface area (Å²) in [5, 5.41) is 13.4. The van der Waals surface area contributed by atoms with Gasteiger partial charge in [-0.25, -0.2) is 0 Å². The molecule has 0 saturated carbocycles. The minimum absolute atomic E-state index is 0.106. The number of hydrogen-bond donors (Lipinski definition) is 1. The summed E-state index contributed by atoms with van der Waals surface area (Å²) >= 11 is 0. The molecule has 0 bridgehead atoms. The summed E-state index contributed by atoms with van der Waals surface area (Å²) in [6.07, 6.45) is 1.12. The van der Waals surface area contributed by atoms with E-state index in [9.17, 15) is 5.11 Å². The van der Waals surface area contributed by atoms with Gasteiger partial charge in [0.05, 0.1) is 12.1 Å². The Kier molecular flexibility index (Phi) is 4.58. The average Bonchev–Trinajstić information content (AvgIpc) is 2.21. The molecule has 0 radical (unpaired) electrons. The Morgan fingerprint density at radius 3 is 3.07 bits per heavy atom. The van der Waals surface area contributed by atoms with Crippen LogP contribution in [0.1, 0.15) is 13.3 Å². The molecule has 1 aliphatic rings. The first kappa shape index (κ1) is 12.0. The van der Waals surface area contributed by atoms with Crippen molar-refractivity contribution in [3.05, 3.63) is 22.1 Å². The average molecular weight is 213 g/mol. The molecule has 84 valence electrons. The Labute approximate surface area is 88.1 Å². The fraction of sp³-hybridized carbons (Fsp3) is 0.778. The number of aliphatic hydroxyl groups excluding tert-OH is 1. The Bertz CT molecular complexity index is 286. The van der Waals surface area contributed by atoms with Crippen LogP contribution in [0, 0.1) is 0 Å². The van der Waals surface area contributed by atoms with Gasteiger partial charge in [-0.2, -0.15) is 0 Å². The zero-order valence-corrected chi connectivity index (χ0v) is 8.83. The van der Waals surface area contributed by atoms with Crippen LogP contribution in [0.5, 0.6) is 0 Å². The normalized spacial score (nSPS) is 30.6. The first-order chi connectivity index (χ1) is 7.19. The highest BCUT2D eigenvalue weighted by Gasteiger charge is 2.30. The molecule has 0 spiro atoms. The summed E-state index contributed by atoms with van der Waals surface area (Å²) in [5.41, 5.74) is 9.39. The minimum atomic E-state index is -0.806. The van der Waals surface area contributed by atoms with E-state index < -0.39 is 18.2 Å². The van der Waals surface area contributed by atoms with Crippen molar-refractivity contribution < 1.29 is 14.6 Å². The topological polar surface area (TPSA) is 87.5 Å². The maximum Gasteiger partial charge on any atom is 0.147 e. The number of aliphatic hydroxyl groups is 1. The molecular formula is C9H15N3O3. The molecule has 1 rings (SSSR count). The third-order valence-corrected chi connectivity index (χ3v) is 2.29. The maximum atomic E-state index is 9.81. The standard InChI is InChI=1S/C9H15N3O3/c1-6-3-7(11-12-10)9(13)8(4-6)15-5-14-2/h4,7-9,13H,3,5H2,1-2H3. The van der Waals surface area contributed by atoms with Crippen LogP contribution in [-0.2, 0) is 9.47 Å². The summed E-state index contributed by atoms with van der Waals surface area (Å²) in [6, 6.07) is -0.457. The van der Waals surface area contributed by atoms with Gasteiger partial charge in [0.2, 0.25) is 0 Å². The number of azide groups is 1. The number of methoxy groups -OCH3 is 1. The molecule has 0 aromatic heterocycles. The summed E-state index contributed by atoms with van der Waals surface area (Å²) in [7, 11) is 1.51. The van der Waals surface area contributed by atoms with Gasteiger partial charge in [-0.15, -0.1) is 0 Å². The third kappa shape index (κ3) is 3.21. The van der Waals surface area contributed by atoms with Crippen molar-refractivity contribution in [1.82, 2.24) is 0 Å². The number of nitrogens with zero attached hydrogens (tertiary/aromatic N) is 3. The molecule has 0 aromatic carbocycles. The van der Waals surface area contributed by atoms with E-state index in [0.717, 1.165) is 5.57 Å². The fourth-order valence-electron chi connectivity index (χ4n) is 1.59. The van der Waals surface area contributed by atoms with E-state index in [2.05, 4.69) is 10.0 Å². The van der Waals surface area contributed by atoms with E-state index >= 15 is 0 Å². The molecule has 0 amide bonds. The molecule has 6 heteroatoms. The van der Waals surface area contributed by atoms with E-state index in [-0.39, 0.29) is 6.79 Å². The summed E-state index contributed by atoms with van der Waals surface area (Å²) < 4.78 is 10.0. The molecule has 3 unspecified atom stereocenters. The van der Waals surface area contributed by atoms with Crippen molar-refractivity contribution in [3.8, 4) is 0 Å². The number of hydrogen-bond acceptors (Lipinski definition) is 4. The van der Waals surface area contributed by atoms with E-state index in [1.54, 1.807) is 0 Å². The van der Waals surface area contributed by atoms with Crippen molar-refractivity contribution in [2.24, 2.45) is 5.11 Å². The van der Waals surface area contributed by atoms with Crippen LogP contribution in [0.15, 0.2) is 16.8 Å². The lowest BCUT2D eigenvalue weighted by Crippen LogP contribution is -2.40. The molecule has 15 heavy (non-hydrogen) atoms. The molecule has 0 heterocycles. The van der Waals surface area contributed by atoms with Crippen LogP contribution in [0.2, 0.25) is 0 Å². The van der Waals surface area contributed by atoms with Crippen molar-refractivity contribution in [2.75, 3.05) is 13.9 Å². The monoisotopic (exact) mass is 213 g/mol. The molecule has 6 nitrogen and oxygen atoms in total. The zero-order chi connectivity index (χ0) is 11.3. The molecule has 0 fully saturated rings. The lowest BCUT2D eigenvalue weighted by molar-refractivity contribution is -0.100. The molecule has 0 aromatic rings. The van der Waals surface area contributed by atoms with Crippen LogP contribution >= 0.6 is 0 Å². The fourth-order valence-corrected chi connectivity index (χ4v) is 1.59. The van der Waals surface area contributed by atoms with E-state index in [1.165, 1.54) is 7.11 Å². The molecule has 0 saturated heterocycles. The molecule has 1 aliphatic carbocycles. The highest BCUT2D eigenvalue weighted by atomic mass is 16.7. The zero-order valence-electron chi connectivity index (χ0n) is 8.83. The second-order valence-electron chi connectivity index (χ2n) is 3.52. The highest BCUT2D eigenvalue weighted by molar-refractivity contribution is 5.13. The van der Waals surface area contributed by atoms with Gasteiger partial charge in [0.25, 0.3) is 0 Å². The lowest BCUT2D eigenvalue weighted by Gasteiger charge is -2.30. The summed E-state index contributed by atoms with van der Waals surface area (Å²) in [6.45, 7) is 2.02. The van der Waals surface area contributed by atoms with Gasteiger partial charge in [0.1, 0.15) is 12.9 Å². The first-order valence-corrected chi connectivity index (χ1v) is 4.69. The van der Waals surface area contributed by atoms with Crippen molar-refractivity contribution in [2.45, 2.75) is 31.6 Å². The summed E-state index contributed by atoms with van der Waals surface area (Å²) in [4.78, 5) is 2.71. The van der Waals surface area contributed by atoms with Gasteiger partial charge < -0.3 is 14.6 Å². The minimum Gasteiger partial charge on any atom is -0.390 e. The van der Waals surface area contributed by atoms with Crippen LogP contribution in [-0.4, -0.2) is 37.3 Å². The Morgan fingerprint density at radius 2 is 2.47 bits per heavy atom. The van der Waals surface area contributed by atoms with Gasteiger partial charge >= 0.3 is 0 Å². The largest absolute Gasteiger partial charge is 0.390 e. The predicted molar refractivity (Wildman–Crippen MR) is 54.1 cm³/mol. The maximum absolute atomic E-state index is 9.81. The van der Waals surface area contributed by atoms with Gasteiger partial charge in [0.15, 0.2) is 0 Å². The Hall–Kier alpha value is -1.07. The predicted octanol–water partition coefficient (Wildman–Crippen LogP) is 1.37. The van der Waals surface area contributed by atoms with Crippen LogP contribution in [0.3, 0.4) is 0 Å². The van der Waals surface area contributed by atoms with Crippen molar-refractivity contribution >= 4 is 0 Å². The van der Waals surface area contributed by atoms with Gasteiger partial charge in [0, 0.05) is 12.0 Å². The second-order valence-corrected chi connectivity index (χ2v) is 3.52. The van der Waals surface area contributed by atoms with E-state index in [0.29, 0.717) is 6.42 Å². The number of rotatable bonds is 4. The highest BCUT2D eigenvalue weighted by Crippen LogP contribution is 2.23.